The summed E-state index contributed by atoms with van der Waals surface area (Å²) in [6.45, 7) is 1.24. The highest BCUT2D eigenvalue weighted by Crippen LogP contribution is 2.16. The number of hydrogen-bond acceptors (Lipinski definition) is 4. The zero-order valence-electron chi connectivity index (χ0n) is 11.5. The molecule has 7 heteroatoms. The van der Waals surface area contributed by atoms with Gasteiger partial charge < -0.3 is 10.1 Å². The summed E-state index contributed by atoms with van der Waals surface area (Å²) < 4.78 is 32.9. The lowest BCUT2D eigenvalue weighted by Crippen LogP contribution is -2.34. The largest absolute Gasteiger partial charge is 0.497 e. The van der Waals surface area contributed by atoms with Crippen LogP contribution in [-0.2, 0) is 10.2 Å². The number of benzene rings is 1. The number of nitrogens with zero attached hydrogens (tertiary/aromatic N) is 1. The molecule has 0 aliphatic rings. The Hall–Kier alpha value is -1.31. The highest BCUT2D eigenvalue weighted by molar-refractivity contribution is 7.90. The van der Waals surface area contributed by atoms with Crippen LogP contribution in [0.15, 0.2) is 24.3 Å². The van der Waals surface area contributed by atoms with Gasteiger partial charge >= 0.3 is 10.2 Å². The number of ether oxygens (including phenoxy) is 1. The third-order valence-corrected chi connectivity index (χ3v) is 4.14. The summed E-state index contributed by atoms with van der Waals surface area (Å²) in [6.07, 6.45) is 0.760. The summed E-state index contributed by atoms with van der Waals surface area (Å²) in [5.74, 6) is 0.685. The Balaban J connectivity index is 2.62. The van der Waals surface area contributed by atoms with Crippen molar-refractivity contribution in [3.8, 4) is 5.75 Å². The van der Waals surface area contributed by atoms with Crippen molar-refractivity contribution in [2.24, 2.45) is 0 Å². The molecule has 0 aliphatic carbocycles. The first-order chi connectivity index (χ1) is 8.99. The van der Waals surface area contributed by atoms with E-state index >= 15 is 0 Å². The van der Waals surface area contributed by atoms with Crippen LogP contribution in [0.25, 0.3) is 0 Å². The highest BCUT2D eigenvalue weighted by Gasteiger charge is 2.16. The molecule has 0 saturated heterocycles. The fourth-order valence-corrected chi connectivity index (χ4v) is 2.44. The van der Waals surface area contributed by atoms with E-state index in [1.807, 2.05) is 7.05 Å². The second kappa shape index (κ2) is 7.32. The lowest BCUT2D eigenvalue weighted by atomic mass is 10.3. The quantitative estimate of drug-likeness (QED) is 0.697. The Morgan fingerprint density at radius 3 is 2.42 bits per heavy atom. The minimum Gasteiger partial charge on any atom is -0.497 e. The number of methoxy groups -OCH3 is 1. The van der Waals surface area contributed by atoms with E-state index < -0.39 is 10.2 Å². The Morgan fingerprint density at radius 2 is 1.89 bits per heavy atom. The van der Waals surface area contributed by atoms with Gasteiger partial charge in [0, 0.05) is 13.6 Å². The van der Waals surface area contributed by atoms with Crippen LogP contribution in [0.3, 0.4) is 0 Å². The minimum atomic E-state index is -3.50. The summed E-state index contributed by atoms with van der Waals surface area (Å²) in [7, 11) is 1.46. The Kier molecular flexibility index (Phi) is 6.07. The third-order valence-electron chi connectivity index (χ3n) is 2.65. The maximum atomic E-state index is 12.0. The molecule has 108 valence electrons. The van der Waals surface area contributed by atoms with Crippen LogP contribution in [0.4, 0.5) is 5.69 Å². The monoisotopic (exact) mass is 287 g/mol. The van der Waals surface area contributed by atoms with Crippen molar-refractivity contribution in [3.05, 3.63) is 24.3 Å². The maximum absolute atomic E-state index is 12.0. The Bertz CT molecular complexity index is 473. The van der Waals surface area contributed by atoms with Crippen LogP contribution in [0.1, 0.15) is 6.42 Å². The summed E-state index contributed by atoms with van der Waals surface area (Å²) in [5.41, 5.74) is 0.515. The van der Waals surface area contributed by atoms with Crippen LogP contribution in [-0.4, -0.2) is 47.0 Å². The topological polar surface area (TPSA) is 70.7 Å². The maximum Gasteiger partial charge on any atom is 0.301 e. The first-order valence-corrected chi connectivity index (χ1v) is 7.46. The average molecular weight is 287 g/mol. The molecule has 0 saturated carbocycles. The average Bonchev–Trinajstić information content (AvgIpc) is 2.39. The molecule has 0 unspecified atom stereocenters. The number of hydrogen-bond donors (Lipinski definition) is 2. The summed E-state index contributed by atoms with van der Waals surface area (Å²) in [5, 5.41) is 2.98. The van der Waals surface area contributed by atoms with Crippen molar-refractivity contribution in [1.29, 1.82) is 0 Å². The summed E-state index contributed by atoms with van der Waals surface area (Å²) in [4.78, 5) is 0. The fourth-order valence-electron chi connectivity index (χ4n) is 1.48. The predicted molar refractivity (Wildman–Crippen MR) is 76.7 cm³/mol. The van der Waals surface area contributed by atoms with Crippen LogP contribution < -0.4 is 14.8 Å². The molecule has 0 amide bonds. The van der Waals surface area contributed by atoms with Crippen molar-refractivity contribution in [2.75, 3.05) is 39.0 Å². The zero-order valence-corrected chi connectivity index (χ0v) is 12.3. The van der Waals surface area contributed by atoms with Crippen LogP contribution in [0, 0.1) is 0 Å². The molecule has 0 fully saturated rings. The summed E-state index contributed by atoms with van der Waals surface area (Å²) in [6, 6.07) is 6.74. The lowest BCUT2D eigenvalue weighted by molar-refractivity contribution is 0.415. The van der Waals surface area contributed by atoms with Gasteiger partial charge in [-0.25, -0.2) is 0 Å². The smallest absolute Gasteiger partial charge is 0.301 e. The first kappa shape index (κ1) is 15.7. The van der Waals surface area contributed by atoms with Crippen molar-refractivity contribution in [3.63, 3.8) is 0 Å². The van der Waals surface area contributed by atoms with Gasteiger partial charge in [-0.15, -0.1) is 0 Å². The molecule has 1 aromatic carbocycles. The molecule has 1 rings (SSSR count). The van der Waals surface area contributed by atoms with E-state index in [4.69, 9.17) is 4.74 Å². The molecule has 2 N–H and O–H groups in total. The molecule has 1 aromatic rings. The van der Waals surface area contributed by atoms with Gasteiger partial charge in [0.2, 0.25) is 0 Å². The number of anilines is 1. The Labute approximate surface area is 114 Å². The van der Waals surface area contributed by atoms with E-state index in [0.717, 1.165) is 13.0 Å². The van der Waals surface area contributed by atoms with E-state index in [2.05, 4.69) is 10.0 Å². The van der Waals surface area contributed by atoms with Crippen molar-refractivity contribution >= 4 is 15.9 Å². The van der Waals surface area contributed by atoms with Gasteiger partial charge in [0.05, 0.1) is 12.8 Å². The lowest BCUT2D eigenvalue weighted by Gasteiger charge is -2.18. The fraction of sp³-hybridized carbons (Fsp3) is 0.500. The first-order valence-electron chi connectivity index (χ1n) is 6.02. The molecule has 0 aromatic heterocycles. The minimum absolute atomic E-state index is 0.465. The van der Waals surface area contributed by atoms with Gasteiger partial charge in [-0.05, 0) is 44.3 Å². The van der Waals surface area contributed by atoms with E-state index in [1.165, 1.54) is 4.31 Å². The standard InChI is InChI=1S/C12H21N3O3S/c1-13-9-4-10-15(2)19(16,17)14-11-5-7-12(18-3)8-6-11/h5-8,13-14H,4,9-10H2,1-3H3. The molecule has 0 spiro atoms. The predicted octanol–water partition coefficient (Wildman–Crippen LogP) is 0.893. The van der Waals surface area contributed by atoms with Gasteiger partial charge in [-0.3, -0.25) is 4.72 Å². The van der Waals surface area contributed by atoms with Crippen LogP contribution in [0.2, 0.25) is 0 Å². The van der Waals surface area contributed by atoms with Crippen LogP contribution in [0.5, 0.6) is 5.75 Å². The zero-order chi connectivity index (χ0) is 14.3. The van der Waals surface area contributed by atoms with E-state index in [9.17, 15) is 8.42 Å². The normalized spacial score (nSPS) is 11.6. The van der Waals surface area contributed by atoms with Crippen LogP contribution >= 0.6 is 0 Å². The Morgan fingerprint density at radius 1 is 1.26 bits per heavy atom. The van der Waals surface area contributed by atoms with Crippen molar-refractivity contribution < 1.29 is 13.2 Å². The molecule has 0 bridgehead atoms. The molecule has 6 nitrogen and oxygen atoms in total. The van der Waals surface area contributed by atoms with Crippen molar-refractivity contribution in [2.45, 2.75) is 6.42 Å². The van der Waals surface area contributed by atoms with Crippen molar-refractivity contribution in [1.82, 2.24) is 9.62 Å². The van der Waals surface area contributed by atoms with Gasteiger partial charge in [0.1, 0.15) is 5.75 Å². The van der Waals surface area contributed by atoms with Gasteiger partial charge in [-0.1, -0.05) is 0 Å². The van der Waals surface area contributed by atoms with E-state index in [-0.39, 0.29) is 0 Å². The molecular weight excluding hydrogens is 266 g/mol. The molecular formula is C12H21N3O3S. The molecule has 0 heterocycles. The summed E-state index contributed by atoms with van der Waals surface area (Å²) >= 11 is 0. The second-order valence-electron chi connectivity index (χ2n) is 4.11. The third kappa shape index (κ3) is 5.06. The molecule has 0 radical (unpaired) electrons. The van der Waals surface area contributed by atoms with Gasteiger partial charge in [-0.2, -0.15) is 12.7 Å². The molecule has 19 heavy (non-hydrogen) atoms. The SMILES string of the molecule is CNCCCN(C)S(=O)(=O)Nc1ccc(OC)cc1. The van der Waals surface area contributed by atoms with E-state index in [1.54, 1.807) is 38.4 Å². The number of nitrogens with one attached hydrogen (secondary N) is 2. The number of rotatable bonds is 8. The van der Waals surface area contributed by atoms with Gasteiger partial charge in [0.15, 0.2) is 0 Å². The van der Waals surface area contributed by atoms with Gasteiger partial charge in [0.25, 0.3) is 0 Å². The molecule has 0 atom stereocenters. The highest BCUT2D eigenvalue weighted by atomic mass is 32.2. The molecule has 0 aliphatic heterocycles. The second-order valence-corrected chi connectivity index (χ2v) is 5.89. The van der Waals surface area contributed by atoms with E-state index in [0.29, 0.717) is 18.0 Å².